The number of hydrogen-bond donors (Lipinski definition) is 2. The van der Waals surface area contributed by atoms with Crippen LogP contribution in [0.15, 0.2) is 97.1 Å². The molecule has 0 fully saturated rings. The average Bonchev–Trinajstić information content (AvgIpc) is 3.22. The molecule has 2 N–H and O–H groups in total. The number of aromatic hydroxyl groups is 2. The molecular weight excluding hydrogens is 376 g/mol. The first kappa shape index (κ1) is 17.0. The predicted molar refractivity (Wildman–Crippen MR) is 112 cm³/mol. The average molecular weight is 394 g/mol. The summed E-state index contributed by atoms with van der Waals surface area (Å²) in [6.07, 6.45) is 0. The van der Waals surface area contributed by atoms with Gasteiger partial charge in [0.1, 0.15) is 23.0 Å². The summed E-state index contributed by atoms with van der Waals surface area (Å²) in [5, 5.41) is 21.9. The lowest BCUT2D eigenvalue weighted by Gasteiger charge is -2.39. The summed E-state index contributed by atoms with van der Waals surface area (Å²) in [6.45, 7) is 0. The van der Waals surface area contributed by atoms with Crippen LogP contribution < -0.4 is 9.47 Å². The molecule has 4 aromatic carbocycles. The van der Waals surface area contributed by atoms with Crippen molar-refractivity contribution in [2.24, 2.45) is 0 Å². The molecule has 0 spiro atoms. The number of phenolic OH excluding ortho intramolecular Hbond substituents is 2. The van der Waals surface area contributed by atoms with Gasteiger partial charge in [0, 0.05) is 22.3 Å². The fourth-order valence-corrected chi connectivity index (χ4v) is 4.98. The number of benzene rings is 4. The first-order valence-corrected chi connectivity index (χ1v) is 9.82. The molecule has 0 aromatic heterocycles. The molecule has 6 rings (SSSR count). The van der Waals surface area contributed by atoms with Crippen LogP contribution in [0.5, 0.6) is 23.0 Å². The van der Waals surface area contributed by atoms with Crippen molar-refractivity contribution in [2.75, 3.05) is 0 Å². The van der Waals surface area contributed by atoms with Crippen molar-refractivity contribution < 1.29 is 19.7 Å². The zero-order chi connectivity index (χ0) is 20.3. The van der Waals surface area contributed by atoms with E-state index in [1.807, 2.05) is 72.8 Å². The quantitative estimate of drug-likeness (QED) is 0.498. The van der Waals surface area contributed by atoms with E-state index in [4.69, 9.17) is 9.47 Å². The van der Waals surface area contributed by atoms with Gasteiger partial charge in [-0.05, 0) is 24.3 Å². The van der Waals surface area contributed by atoms with Crippen LogP contribution in [-0.4, -0.2) is 10.2 Å². The molecule has 146 valence electrons. The van der Waals surface area contributed by atoms with Gasteiger partial charge in [-0.1, -0.05) is 72.8 Å². The Morgan fingerprint density at radius 2 is 0.767 bits per heavy atom. The number of fused-ring (bicyclic) bond motifs is 5. The van der Waals surface area contributed by atoms with Crippen molar-refractivity contribution in [3.63, 3.8) is 0 Å². The summed E-state index contributed by atoms with van der Waals surface area (Å²) in [7, 11) is 0. The first-order chi connectivity index (χ1) is 14.7. The normalized spacial score (nSPS) is 23.1. The van der Waals surface area contributed by atoms with E-state index in [-0.39, 0.29) is 11.5 Å². The smallest absolute Gasteiger partial charge is 0.214 e. The van der Waals surface area contributed by atoms with E-state index in [1.54, 1.807) is 24.3 Å². The van der Waals surface area contributed by atoms with Gasteiger partial charge in [0.25, 0.3) is 0 Å². The maximum atomic E-state index is 10.9. The number of ether oxygens (including phenoxy) is 2. The summed E-state index contributed by atoms with van der Waals surface area (Å²) in [5.74, 6) is 1.51. The number of phenols is 2. The Morgan fingerprint density at radius 3 is 1.17 bits per heavy atom. The molecule has 2 heterocycles. The Hall–Kier alpha value is -3.92. The summed E-state index contributed by atoms with van der Waals surface area (Å²) >= 11 is 0. The molecule has 4 aromatic rings. The highest BCUT2D eigenvalue weighted by atomic mass is 16.6. The van der Waals surface area contributed by atoms with Gasteiger partial charge in [0.15, 0.2) is 0 Å². The van der Waals surface area contributed by atoms with Crippen LogP contribution in [0, 0.1) is 0 Å². The van der Waals surface area contributed by atoms with E-state index in [1.165, 1.54) is 0 Å². The Kier molecular flexibility index (Phi) is 3.28. The van der Waals surface area contributed by atoms with Crippen molar-refractivity contribution in [2.45, 2.75) is 11.2 Å². The Balaban J connectivity index is 1.82. The van der Waals surface area contributed by atoms with Crippen LogP contribution in [0.25, 0.3) is 0 Å². The Bertz CT molecular complexity index is 1200. The highest BCUT2D eigenvalue weighted by Gasteiger charge is 2.71. The highest BCUT2D eigenvalue weighted by molar-refractivity contribution is 5.68. The predicted octanol–water partition coefficient (Wildman–Crippen LogP) is 5.07. The van der Waals surface area contributed by atoms with Crippen molar-refractivity contribution in [3.8, 4) is 23.0 Å². The second kappa shape index (κ2) is 5.80. The van der Waals surface area contributed by atoms with Gasteiger partial charge in [0.05, 0.1) is 0 Å². The molecule has 0 amide bonds. The third-order valence-electron chi connectivity index (χ3n) is 6.12. The minimum atomic E-state index is -1.21. The molecule has 0 saturated heterocycles. The molecule has 30 heavy (non-hydrogen) atoms. The zero-order valence-corrected chi connectivity index (χ0v) is 15.9. The summed E-state index contributed by atoms with van der Waals surface area (Å²) in [4.78, 5) is 0. The van der Waals surface area contributed by atoms with Crippen molar-refractivity contribution >= 4 is 0 Å². The van der Waals surface area contributed by atoms with Crippen LogP contribution in [0.3, 0.4) is 0 Å². The fourth-order valence-electron chi connectivity index (χ4n) is 4.98. The van der Waals surface area contributed by atoms with Gasteiger partial charge in [0.2, 0.25) is 11.2 Å². The van der Waals surface area contributed by atoms with Crippen molar-refractivity contribution in [3.05, 3.63) is 119 Å². The molecule has 0 bridgehead atoms. The van der Waals surface area contributed by atoms with Gasteiger partial charge in [-0.15, -0.1) is 0 Å². The monoisotopic (exact) mass is 394 g/mol. The number of hydrogen-bond acceptors (Lipinski definition) is 4. The first-order valence-electron chi connectivity index (χ1n) is 9.82. The highest BCUT2D eigenvalue weighted by Crippen LogP contribution is 2.68. The minimum Gasteiger partial charge on any atom is -0.507 e. The molecule has 2 aliphatic rings. The number of para-hydroxylation sites is 4. The SMILES string of the molecule is Oc1ccccc1[C@@]12Oc3ccccc3[C@]1(c1ccccc1O)Oc1ccccc12. The molecule has 2 aliphatic heterocycles. The lowest BCUT2D eigenvalue weighted by atomic mass is 9.69. The summed E-state index contributed by atoms with van der Waals surface area (Å²) in [5.41, 5.74) is 0.329. The third-order valence-corrected chi connectivity index (χ3v) is 6.12. The van der Waals surface area contributed by atoms with E-state index in [0.29, 0.717) is 22.6 Å². The summed E-state index contributed by atoms with van der Waals surface area (Å²) in [6, 6.07) is 29.6. The van der Waals surface area contributed by atoms with Crippen LogP contribution >= 0.6 is 0 Å². The molecule has 4 heteroatoms. The molecule has 0 radical (unpaired) electrons. The molecule has 0 aliphatic carbocycles. The van der Waals surface area contributed by atoms with E-state index in [2.05, 4.69) is 0 Å². The lowest BCUT2D eigenvalue weighted by molar-refractivity contribution is -0.0171. The van der Waals surface area contributed by atoms with E-state index in [9.17, 15) is 10.2 Å². The second-order valence-electron chi connectivity index (χ2n) is 7.59. The van der Waals surface area contributed by atoms with Crippen LogP contribution in [0.2, 0.25) is 0 Å². The number of rotatable bonds is 2. The molecule has 0 unspecified atom stereocenters. The third kappa shape index (κ3) is 1.86. The largest absolute Gasteiger partial charge is 0.507 e. The van der Waals surface area contributed by atoms with Gasteiger partial charge in [-0.2, -0.15) is 0 Å². The topological polar surface area (TPSA) is 58.9 Å². The van der Waals surface area contributed by atoms with Gasteiger partial charge >= 0.3 is 0 Å². The maximum Gasteiger partial charge on any atom is 0.214 e. The second-order valence-corrected chi connectivity index (χ2v) is 7.59. The minimum absolute atomic E-state index is 0.102. The standard InChI is InChI=1S/C26H18O4/c27-21-13-5-1-9-17(21)25-19-11-3-7-15-23(19)30-26(25,18-10-2-6-14-22(18)28)20-12-4-8-16-24(20)29-25/h1-16,27-28H/t25-,26-/m0/s1. The molecule has 4 nitrogen and oxygen atoms in total. The van der Waals surface area contributed by atoms with Gasteiger partial charge < -0.3 is 19.7 Å². The molecule has 0 saturated carbocycles. The maximum absolute atomic E-state index is 10.9. The van der Waals surface area contributed by atoms with Crippen LogP contribution in [-0.2, 0) is 11.2 Å². The van der Waals surface area contributed by atoms with E-state index < -0.39 is 11.2 Å². The lowest BCUT2D eigenvalue weighted by Crippen LogP contribution is -2.50. The van der Waals surface area contributed by atoms with Crippen molar-refractivity contribution in [1.29, 1.82) is 0 Å². The fraction of sp³-hybridized carbons (Fsp3) is 0.0769. The van der Waals surface area contributed by atoms with Gasteiger partial charge in [-0.25, -0.2) is 0 Å². The Morgan fingerprint density at radius 1 is 0.433 bits per heavy atom. The van der Waals surface area contributed by atoms with E-state index in [0.717, 1.165) is 11.1 Å². The Labute approximate surface area is 173 Å². The van der Waals surface area contributed by atoms with Crippen LogP contribution in [0.4, 0.5) is 0 Å². The van der Waals surface area contributed by atoms with Crippen molar-refractivity contribution in [1.82, 2.24) is 0 Å². The molecule has 2 atom stereocenters. The zero-order valence-electron chi connectivity index (χ0n) is 15.9. The van der Waals surface area contributed by atoms with Gasteiger partial charge in [-0.3, -0.25) is 0 Å². The van der Waals surface area contributed by atoms with E-state index >= 15 is 0 Å². The van der Waals surface area contributed by atoms with Crippen LogP contribution in [0.1, 0.15) is 22.3 Å². The summed E-state index contributed by atoms with van der Waals surface area (Å²) < 4.78 is 13.5. The molecular formula is C26H18O4.